The Labute approximate surface area is 293 Å². The highest BCUT2D eigenvalue weighted by Gasteiger charge is 2.27. The summed E-state index contributed by atoms with van der Waals surface area (Å²) in [7, 11) is 1.46. The number of phosphoric ester groups is 1. The molecule has 0 aliphatic carbocycles. The molecule has 0 spiro atoms. The van der Waals surface area contributed by atoms with Gasteiger partial charge >= 0.3 is 19.8 Å². The fourth-order valence-corrected chi connectivity index (χ4v) is 5.36. The number of likely N-dealkylation sites (N-methyl/N-ethyl adjacent to an activating group) is 1. The van der Waals surface area contributed by atoms with Crippen molar-refractivity contribution in [1.82, 2.24) is 0 Å². The van der Waals surface area contributed by atoms with Crippen LogP contribution in [0.2, 0.25) is 0 Å². The van der Waals surface area contributed by atoms with Crippen LogP contribution < -0.4 is 0 Å². The average Bonchev–Trinajstić information content (AvgIpc) is 3.02. The molecule has 0 radical (unpaired) electrons. The van der Waals surface area contributed by atoms with Crippen molar-refractivity contribution in [3.05, 3.63) is 36.5 Å². The number of unbranched alkanes of at least 4 members (excludes halogenated alkanes) is 13. The minimum Gasteiger partial charge on any atom is -0.462 e. The van der Waals surface area contributed by atoms with Crippen molar-refractivity contribution < 1.29 is 42.1 Å². The molecule has 0 saturated heterocycles. The summed E-state index contributed by atoms with van der Waals surface area (Å²) in [6.07, 6.45) is 31.9. The molecule has 10 heteroatoms. The number of nitrogens with zero attached hydrogens (tertiary/aromatic N) is 1. The number of quaternary nitrogens is 1. The van der Waals surface area contributed by atoms with Gasteiger partial charge < -0.3 is 18.9 Å². The third-order valence-electron chi connectivity index (χ3n) is 7.62. The lowest BCUT2D eigenvalue weighted by atomic mass is 10.1. The molecule has 0 rings (SSSR count). The van der Waals surface area contributed by atoms with Crippen molar-refractivity contribution in [2.24, 2.45) is 0 Å². The van der Waals surface area contributed by atoms with Crippen LogP contribution in [0.4, 0.5) is 0 Å². The van der Waals surface area contributed by atoms with Gasteiger partial charge in [0.2, 0.25) is 0 Å². The molecule has 0 aliphatic rings. The summed E-state index contributed by atoms with van der Waals surface area (Å²) in [5.41, 5.74) is 0. The Bertz CT molecular complexity index is 928. The van der Waals surface area contributed by atoms with Crippen molar-refractivity contribution >= 4 is 19.8 Å². The summed E-state index contributed by atoms with van der Waals surface area (Å²) in [6, 6.07) is 0. The van der Waals surface area contributed by atoms with Crippen LogP contribution >= 0.6 is 7.82 Å². The molecule has 2 atom stereocenters. The molecule has 0 fully saturated rings. The van der Waals surface area contributed by atoms with Crippen LogP contribution in [-0.2, 0) is 32.7 Å². The molecule has 0 amide bonds. The number of carbonyl (C=O) groups excluding carboxylic acids is 2. The van der Waals surface area contributed by atoms with E-state index in [1.165, 1.54) is 19.3 Å². The predicted molar refractivity (Wildman–Crippen MR) is 197 cm³/mol. The largest absolute Gasteiger partial charge is 0.472 e. The molecule has 2 unspecified atom stereocenters. The molecule has 1 N–H and O–H groups in total. The second-order valence-electron chi connectivity index (χ2n) is 13.6. The summed E-state index contributed by atoms with van der Waals surface area (Å²) in [5, 5.41) is 0. The standard InChI is InChI=1S/C38H70NO8P/c1-6-8-10-12-14-16-18-19-21-23-25-27-29-31-38(41)47-36(35-46-48(42,43)45-33-32-39(3,4)5)34-44-37(40)30-28-26-24-22-20-17-15-13-11-9-7-2/h10,12-13,15-16,18,36H,6-9,11,14,17,19-35H2,1-5H3/p+1/b12-10-,15-13-,18-16-. The van der Waals surface area contributed by atoms with Crippen LogP contribution in [0.3, 0.4) is 0 Å². The monoisotopic (exact) mass is 700 g/mol. The molecule has 280 valence electrons. The maximum atomic E-state index is 12.6. The molecule has 0 heterocycles. The van der Waals surface area contributed by atoms with Gasteiger partial charge in [0.1, 0.15) is 19.8 Å². The van der Waals surface area contributed by atoms with Gasteiger partial charge in [-0.25, -0.2) is 4.57 Å². The van der Waals surface area contributed by atoms with Gasteiger partial charge in [0.25, 0.3) is 0 Å². The van der Waals surface area contributed by atoms with E-state index in [2.05, 4.69) is 50.3 Å². The summed E-state index contributed by atoms with van der Waals surface area (Å²) in [5.74, 6) is -0.832. The van der Waals surface area contributed by atoms with Gasteiger partial charge in [-0.15, -0.1) is 0 Å². The van der Waals surface area contributed by atoms with Gasteiger partial charge in [-0.1, -0.05) is 108 Å². The van der Waals surface area contributed by atoms with Crippen molar-refractivity contribution in [1.29, 1.82) is 0 Å². The third kappa shape index (κ3) is 34.1. The van der Waals surface area contributed by atoms with Gasteiger partial charge in [-0.05, 0) is 57.8 Å². The number of allylic oxidation sites excluding steroid dienone is 6. The first kappa shape index (κ1) is 46.2. The quantitative estimate of drug-likeness (QED) is 0.0237. The van der Waals surface area contributed by atoms with Gasteiger partial charge in [-0.3, -0.25) is 18.6 Å². The zero-order valence-electron chi connectivity index (χ0n) is 31.2. The number of phosphoric acid groups is 1. The Balaban J connectivity index is 4.50. The smallest absolute Gasteiger partial charge is 0.462 e. The van der Waals surface area contributed by atoms with Gasteiger partial charge in [0.15, 0.2) is 6.10 Å². The Morgan fingerprint density at radius 2 is 1.17 bits per heavy atom. The van der Waals surface area contributed by atoms with Gasteiger partial charge in [-0.2, -0.15) is 0 Å². The van der Waals surface area contributed by atoms with Gasteiger partial charge in [0, 0.05) is 12.8 Å². The highest BCUT2D eigenvalue weighted by molar-refractivity contribution is 7.47. The number of carbonyl (C=O) groups is 2. The van der Waals surface area contributed by atoms with Crippen LogP contribution in [0.1, 0.15) is 142 Å². The van der Waals surface area contributed by atoms with Crippen molar-refractivity contribution in [3.63, 3.8) is 0 Å². The third-order valence-corrected chi connectivity index (χ3v) is 8.61. The average molecular weight is 701 g/mol. The lowest BCUT2D eigenvalue weighted by molar-refractivity contribution is -0.870. The number of hydrogen-bond acceptors (Lipinski definition) is 7. The molecule has 9 nitrogen and oxygen atoms in total. The molecule has 0 aromatic heterocycles. The second-order valence-corrected chi connectivity index (χ2v) is 15.1. The maximum absolute atomic E-state index is 12.6. The molecular formula is C38H71NO8P+. The molecule has 0 aromatic rings. The lowest BCUT2D eigenvalue weighted by Crippen LogP contribution is -2.37. The zero-order chi connectivity index (χ0) is 35.8. The minimum atomic E-state index is -4.37. The summed E-state index contributed by atoms with van der Waals surface area (Å²) in [4.78, 5) is 35.1. The molecule has 0 aromatic carbocycles. The van der Waals surface area contributed by atoms with E-state index in [-0.39, 0.29) is 32.0 Å². The highest BCUT2D eigenvalue weighted by Crippen LogP contribution is 2.43. The molecule has 0 saturated carbocycles. The second kappa shape index (κ2) is 31.2. The first-order chi connectivity index (χ1) is 23.0. The molecule has 48 heavy (non-hydrogen) atoms. The number of esters is 2. The van der Waals surface area contributed by atoms with E-state index in [9.17, 15) is 19.0 Å². The lowest BCUT2D eigenvalue weighted by Gasteiger charge is -2.24. The molecule has 0 aliphatic heterocycles. The SMILES string of the molecule is CCC/C=C\C/C=C\CCCCCCCC(=O)OC(COC(=O)CCCCCCC/C=C\CCCC)COP(=O)(O)OCC[N+](C)(C)C. The fraction of sp³-hybridized carbons (Fsp3) is 0.789. The Morgan fingerprint density at radius 3 is 1.75 bits per heavy atom. The summed E-state index contributed by atoms with van der Waals surface area (Å²) < 4.78 is 34.1. The molecule has 0 bridgehead atoms. The normalized spacial score (nSPS) is 14.2. The highest BCUT2D eigenvalue weighted by atomic mass is 31.2. The fourth-order valence-electron chi connectivity index (χ4n) is 4.62. The van der Waals surface area contributed by atoms with E-state index in [4.69, 9.17) is 18.5 Å². The first-order valence-electron chi connectivity index (χ1n) is 18.7. The number of ether oxygens (including phenoxy) is 2. The molecular weight excluding hydrogens is 629 g/mol. The first-order valence-corrected chi connectivity index (χ1v) is 20.2. The van der Waals surface area contributed by atoms with E-state index < -0.39 is 26.5 Å². The number of hydrogen-bond donors (Lipinski definition) is 1. The Kier molecular flexibility index (Phi) is 30.1. The van der Waals surface area contributed by atoms with Crippen LogP contribution in [-0.4, -0.2) is 74.9 Å². The maximum Gasteiger partial charge on any atom is 0.472 e. The Morgan fingerprint density at radius 1 is 0.646 bits per heavy atom. The van der Waals surface area contributed by atoms with Crippen molar-refractivity contribution in [2.75, 3.05) is 47.5 Å². The van der Waals surface area contributed by atoms with E-state index in [0.29, 0.717) is 17.4 Å². The van der Waals surface area contributed by atoms with Crippen LogP contribution in [0.25, 0.3) is 0 Å². The van der Waals surface area contributed by atoms with E-state index in [1.54, 1.807) is 0 Å². The van der Waals surface area contributed by atoms with Crippen molar-refractivity contribution in [2.45, 2.75) is 148 Å². The van der Waals surface area contributed by atoms with Gasteiger partial charge in [0.05, 0.1) is 27.7 Å². The van der Waals surface area contributed by atoms with E-state index in [1.807, 2.05) is 21.1 Å². The van der Waals surface area contributed by atoms with Crippen LogP contribution in [0.5, 0.6) is 0 Å². The van der Waals surface area contributed by atoms with E-state index in [0.717, 1.165) is 89.9 Å². The summed E-state index contributed by atoms with van der Waals surface area (Å²) >= 11 is 0. The minimum absolute atomic E-state index is 0.0268. The van der Waals surface area contributed by atoms with E-state index >= 15 is 0 Å². The Hall–Kier alpha value is -1.77. The van der Waals surface area contributed by atoms with Crippen LogP contribution in [0.15, 0.2) is 36.5 Å². The number of rotatable bonds is 33. The zero-order valence-corrected chi connectivity index (χ0v) is 32.1. The summed E-state index contributed by atoms with van der Waals surface area (Å²) in [6.45, 7) is 4.26. The topological polar surface area (TPSA) is 108 Å². The van der Waals surface area contributed by atoms with Crippen molar-refractivity contribution in [3.8, 4) is 0 Å². The predicted octanol–water partition coefficient (Wildman–Crippen LogP) is 9.79. The van der Waals surface area contributed by atoms with Crippen LogP contribution in [0, 0.1) is 0 Å².